The molecule has 16 heteroatoms. The van der Waals surface area contributed by atoms with Crippen LogP contribution < -0.4 is 21.3 Å². The lowest BCUT2D eigenvalue weighted by atomic mass is 9.83. The van der Waals surface area contributed by atoms with Crippen molar-refractivity contribution in [3.8, 4) is 0 Å². The lowest BCUT2D eigenvalue weighted by molar-refractivity contribution is -0.147. The minimum Gasteiger partial charge on any atom is -0.445 e. The number of likely N-dealkylation sites (tertiary alicyclic amines) is 1. The minimum absolute atomic E-state index is 0.0106. The Morgan fingerprint density at radius 1 is 0.693 bits per heavy atom. The van der Waals surface area contributed by atoms with E-state index in [1.807, 2.05) is 87.5 Å². The average molecular weight is 1020 g/mol. The van der Waals surface area contributed by atoms with Crippen LogP contribution in [0.4, 0.5) is 9.59 Å². The van der Waals surface area contributed by atoms with E-state index in [1.165, 1.54) is 32.9 Å². The van der Waals surface area contributed by atoms with Gasteiger partial charge in [-0.3, -0.25) is 33.8 Å². The molecule has 4 N–H and O–H groups in total. The molecule has 0 radical (unpaired) electrons. The Kier molecular flexibility index (Phi) is 16.4. The zero-order valence-corrected chi connectivity index (χ0v) is 44.6. The smallest absolute Gasteiger partial charge is 0.410 e. The summed E-state index contributed by atoms with van der Waals surface area (Å²) >= 11 is 0. The first-order valence-corrected chi connectivity index (χ1v) is 26.4. The molecule has 0 unspecified atom stereocenters. The maximum atomic E-state index is 15.2. The van der Waals surface area contributed by atoms with Gasteiger partial charge in [-0.2, -0.15) is 0 Å². The summed E-state index contributed by atoms with van der Waals surface area (Å²) in [6.45, 7) is 12.2. The number of hydrogen-bond acceptors (Lipinski definition) is 9. The zero-order chi connectivity index (χ0) is 53.8. The molecule has 0 aromatic heterocycles. The fourth-order valence-corrected chi connectivity index (χ4v) is 10.7. The molecule has 0 spiro atoms. The molecule has 75 heavy (non-hydrogen) atoms. The molecule has 2 aliphatic carbocycles. The van der Waals surface area contributed by atoms with Crippen LogP contribution in [0.15, 0.2) is 97.1 Å². The fraction of sp³-hybridized carbons (Fsp3) is 0.475. The summed E-state index contributed by atoms with van der Waals surface area (Å²) in [5.74, 6) is -2.20. The number of benzene rings is 4. The number of carbonyl (C=O) groups excluding carboxylic acids is 7. The van der Waals surface area contributed by atoms with Gasteiger partial charge in [-0.15, -0.1) is 0 Å². The van der Waals surface area contributed by atoms with Crippen LogP contribution in [0.3, 0.4) is 0 Å². The van der Waals surface area contributed by atoms with E-state index in [0.29, 0.717) is 5.56 Å². The van der Waals surface area contributed by atoms with E-state index in [0.717, 1.165) is 60.8 Å². The van der Waals surface area contributed by atoms with Crippen LogP contribution in [-0.2, 0) is 61.1 Å². The molecule has 16 nitrogen and oxygen atoms in total. The molecule has 2 heterocycles. The third-order valence-electron chi connectivity index (χ3n) is 15.0. The molecule has 0 bridgehead atoms. The number of amides is 7. The van der Waals surface area contributed by atoms with Gasteiger partial charge in [0.2, 0.25) is 23.6 Å². The molecule has 1 fully saturated rings. The highest BCUT2D eigenvalue weighted by Crippen LogP contribution is 2.34. The van der Waals surface area contributed by atoms with Gasteiger partial charge >= 0.3 is 12.2 Å². The molecule has 4 aliphatic rings. The van der Waals surface area contributed by atoms with Crippen LogP contribution >= 0.6 is 0 Å². The van der Waals surface area contributed by atoms with E-state index in [-0.39, 0.29) is 62.0 Å². The number of nitrogens with one attached hydrogen (secondary N) is 4. The van der Waals surface area contributed by atoms with Gasteiger partial charge in [0, 0.05) is 38.2 Å². The second-order valence-electron chi connectivity index (χ2n) is 22.7. The Labute approximate surface area is 440 Å². The number of ether oxygens (including phenoxy) is 2. The normalized spacial score (nSPS) is 20.9. The average Bonchev–Trinajstić information content (AvgIpc) is 3.82. The summed E-state index contributed by atoms with van der Waals surface area (Å²) in [5, 5.41) is 12.5. The monoisotopic (exact) mass is 1020 g/mol. The van der Waals surface area contributed by atoms with Crippen LogP contribution in [0.5, 0.6) is 0 Å². The Morgan fingerprint density at radius 2 is 1.28 bits per heavy atom. The third-order valence-corrected chi connectivity index (χ3v) is 15.0. The van der Waals surface area contributed by atoms with E-state index in [4.69, 9.17) is 9.47 Å². The molecule has 2 aliphatic heterocycles. The van der Waals surface area contributed by atoms with Crippen LogP contribution in [0, 0.1) is 5.41 Å². The van der Waals surface area contributed by atoms with Crippen LogP contribution in [-0.4, -0.2) is 106 Å². The van der Waals surface area contributed by atoms with Crippen molar-refractivity contribution in [3.63, 3.8) is 0 Å². The number of aryl methyl sites for hydroxylation is 2. The number of fused-ring (bicyclic) bond motifs is 3. The molecule has 4 aromatic carbocycles. The van der Waals surface area contributed by atoms with Crippen molar-refractivity contribution < 1.29 is 43.0 Å². The number of likely N-dealkylation sites (N-methyl/N-ethyl adjacent to an activating group) is 1. The summed E-state index contributed by atoms with van der Waals surface area (Å²) in [4.78, 5) is 103. The standard InChI is InChI=1S/C59H73N7O9/c1-36(64(8)56(72)75-59(5,6)7)51(67)63-50(58(2,3)4)55(71)65-33-42-30-41(29-28-40(42)31-48(65)53(69)61-46-26-16-22-38-20-12-14-24-44(38)46)52(68)60-43-32-49(66(34-43)57(73)74-35-37-18-10-9-11-19-37)54(70)62-47-27-17-23-39-21-13-15-25-45(39)47/h9-15,18-21,24-25,28-30,36,43,46-50H,16-17,22-23,26-27,31-35H2,1-8H3,(H,60,68)(H,61,69)(H,62,70)(H,63,67)/t36-,43-,46+,47+,48-,49-,50+/m0/s1. The first-order chi connectivity index (χ1) is 35.6. The zero-order valence-electron chi connectivity index (χ0n) is 44.6. The predicted molar refractivity (Wildman–Crippen MR) is 283 cm³/mol. The first-order valence-electron chi connectivity index (χ1n) is 26.4. The van der Waals surface area contributed by atoms with Crippen molar-refractivity contribution in [1.82, 2.24) is 36.0 Å². The molecule has 4 aromatic rings. The van der Waals surface area contributed by atoms with E-state index < -0.39 is 71.1 Å². The van der Waals surface area contributed by atoms with E-state index in [1.54, 1.807) is 45.9 Å². The van der Waals surface area contributed by atoms with Crippen molar-refractivity contribution in [1.29, 1.82) is 0 Å². The van der Waals surface area contributed by atoms with E-state index in [2.05, 4.69) is 33.4 Å². The highest BCUT2D eigenvalue weighted by Gasteiger charge is 2.45. The maximum absolute atomic E-state index is 15.2. The van der Waals surface area contributed by atoms with Crippen LogP contribution in [0.2, 0.25) is 0 Å². The van der Waals surface area contributed by atoms with Gasteiger partial charge in [0.05, 0.1) is 12.1 Å². The number of nitrogens with zero attached hydrogens (tertiary/aromatic N) is 3. The Hall–Kier alpha value is -7.23. The number of hydrogen-bond donors (Lipinski definition) is 4. The maximum Gasteiger partial charge on any atom is 0.410 e. The van der Waals surface area contributed by atoms with Crippen LogP contribution in [0.1, 0.15) is 142 Å². The van der Waals surface area contributed by atoms with Gasteiger partial charge in [0.25, 0.3) is 5.91 Å². The SMILES string of the molecule is C[C@@H](C(=O)N[C@H](C(=O)N1Cc2cc(C(=O)N[C@H]3C[C@@H](C(=O)N[C@@H]4CCCc5ccccc54)N(C(=O)OCc4ccccc4)C3)ccc2C[C@H]1C(=O)N[C@@H]1CCCc2ccccc21)C(C)(C)C)N(C)C(=O)OC(C)(C)C. The Morgan fingerprint density at radius 3 is 1.88 bits per heavy atom. The molecular formula is C59H73N7O9. The number of carbonyl (C=O) groups is 7. The van der Waals surface area contributed by atoms with E-state index >= 15 is 4.79 Å². The largest absolute Gasteiger partial charge is 0.445 e. The molecule has 8 rings (SSSR count). The summed E-state index contributed by atoms with van der Waals surface area (Å²) in [6.07, 6.45) is 4.03. The molecule has 0 saturated carbocycles. The lowest BCUT2D eigenvalue weighted by Crippen LogP contribution is -2.62. The van der Waals surface area contributed by atoms with Crippen molar-refractivity contribution in [2.75, 3.05) is 13.6 Å². The highest BCUT2D eigenvalue weighted by atomic mass is 16.6. The second-order valence-corrected chi connectivity index (χ2v) is 22.7. The van der Waals surface area contributed by atoms with Crippen molar-refractivity contribution in [2.45, 2.75) is 161 Å². The Bertz CT molecular complexity index is 2790. The third kappa shape index (κ3) is 12.8. The summed E-state index contributed by atoms with van der Waals surface area (Å²) in [5.41, 5.74) is 5.29. The Balaban J connectivity index is 1.03. The van der Waals surface area contributed by atoms with Gasteiger partial charge in [-0.1, -0.05) is 106 Å². The van der Waals surface area contributed by atoms with Crippen molar-refractivity contribution >= 4 is 41.7 Å². The predicted octanol–water partition coefficient (Wildman–Crippen LogP) is 7.62. The fourth-order valence-electron chi connectivity index (χ4n) is 10.7. The van der Waals surface area contributed by atoms with Crippen molar-refractivity contribution in [3.05, 3.63) is 142 Å². The van der Waals surface area contributed by atoms with Gasteiger partial charge in [0.15, 0.2) is 0 Å². The van der Waals surface area contributed by atoms with Gasteiger partial charge in [0.1, 0.15) is 36.4 Å². The molecular weight excluding hydrogens is 951 g/mol. The minimum atomic E-state index is -1.14. The van der Waals surface area contributed by atoms with Gasteiger partial charge in [-0.25, -0.2) is 9.59 Å². The summed E-state index contributed by atoms with van der Waals surface area (Å²) in [7, 11) is 1.46. The number of rotatable bonds is 12. The first kappa shape index (κ1) is 54.0. The lowest BCUT2D eigenvalue weighted by Gasteiger charge is -2.42. The summed E-state index contributed by atoms with van der Waals surface area (Å²) < 4.78 is 11.3. The molecule has 7 atom stereocenters. The van der Waals surface area contributed by atoms with Crippen molar-refractivity contribution in [2.24, 2.45) is 5.41 Å². The molecule has 1 saturated heterocycles. The van der Waals surface area contributed by atoms with Gasteiger partial charge in [-0.05, 0) is 129 Å². The highest BCUT2D eigenvalue weighted by molar-refractivity contribution is 5.97. The second kappa shape index (κ2) is 22.7. The topological polar surface area (TPSA) is 196 Å². The summed E-state index contributed by atoms with van der Waals surface area (Å²) in [6, 6.07) is 25.4. The van der Waals surface area contributed by atoms with Crippen LogP contribution in [0.25, 0.3) is 0 Å². The molecule has 398 valence electrons. The van der Waals surface area contributed by atoms with Gasteiger partial charge < -0.3 is 35.6 Å². The molecule has 7 amide bonds. The van der Waals surface area contributed by atoms with E-state index in [9.17, 15) is 28.8 Å². The quantitative estimate of drug-likeness (QED) is 0.110.